The fourth-order valence-electron chi connectivity index (χ4n) is 0.587. The van der Waals surface area contributed by atoms with E-state index in [1.54, 1.807) is 6.92 Å². The monoisotopic (exact) mass is 157 g/mol. The van der Waals surface area contributed by atoms with Crippen LogP contribution in [-0.2, 0) is 9.53 Å². The first kappa shape index (κ1) is 10.2. The Kier molecular flexibility index (Phi) is 6.73. The molecule has 0 heterocycles. The van der Waals surface area contributed by atoms with E-state index in [9.17, 15) is 4.79 Å². The SMILES string of the molecule is CC=CCNCC(=O)OCC. The van der Waals surface area contributed by atoms with Crippen LogP contribution in [0.2, 0.25) is 0 Å². The van der Waals surface area contributed by atoms with E-state index in [-0.39, 0.29) is 12.5 Å². The van der Waals surface area contributed by atoms with Crippen LogP contribution in [0, 0.1) is 0 Å². The minimum atomic E-state index is -0.197. The molecule has 0 radical (unpaired) electrons. The van der Waals surface area contributed by atoms with E-state index in [1.807, 2.05) is 19.1 Å². The Balaban J connectivity index is 3.17. The third kappa shape index (κ3) is 7.06. The summed E-state index contributed by atoms with van der Waals surface area (Å²) in [6.07, 6.45) is 3.87. The summed E-state index contributed by atoms with van der Waals surface area (Å²) < 4.78 is 4.70. The van der Waals surface area contributed by atoms with Gasteiger partial charge < -0.3 is 10.1 Å². The van der Waals surface area contributed by atoms with E-state index < -0.39 is 0 Å². The minimum Gasteiger partial charge on any atom is -0.465 e. The predicted octanol–water partition coefficient (Wildman–Crippen LogP) is 0.715. The Bertz CT molecular complexity index is 132. The van der Waals surface area contributed by atoms with Crippen LogP contribution in [0.15, 0.2) is 12.2 Å². The fraction of sp³-hybridized carbons (Fsp3) is 0.625. The first-order chi connectivity index (χ1) is 5.31. The van der Waals surface area contributed by atoms with E-state index in [4.69, 9.17) is 4.74 Å². The average Bonchev–Trinajstić information content (AvgIpc) is 1.99. The summed E-state index contributed by atoms with van der Waals surface area (Å²) in [5.74, 6) is -0.197. The summed E-state index contributed by atoms with van der Waals surface area (Å²) in [5, 5.41) is 2.91. The number of rotatable bonds is 5. The molecule has 0 aliphatic heterocycles. The Hall–Kier alpha value is -0.830. The third-order valence-electron chi connectivity index (χ3n) is 1.07. The molecule has 0 saturated carbocycles. The fourth-order valence-corrected chi connectivity index (χ4v) is 0.587. The molecule has 0 saturated heterocycles. The maximum absolute atomic E-state index is 10.7. The maximum atomic E-state index is 10.7. The van der Waals surface area contributed by atoms with Crippen LogP contribution in [0.25, 0.3) is 0 Å². The van der Waals surface area contributed by atoms with E-state index >= 15 is 0 Å². The molecule has 64 valence electrons. The number of hydrogen-bond acceptors (Lipinski definition) is 3. The van der Waals surface area contributed by atoms with E-state index in [0.29, 0.717) is 6.61 Å². The Labute approximate surface area is 67.4 Å². The van der Waals surface area contributed by atoms with Gasteiger partial charge in [-0.2, -0.15) is 0 Å². The van der Waals surface area contributed by atoms with Crippen molar-refractivity contribution in [2.75, 3.05) is 19.7 Å². The molecule has 0 atom stereocenters. The topological polar surface area (TPSA) is 38.3 Å². The quantitative estimate of drug-likeness (QED) is 0.363. The number of allylic oxidation sites excluding steroid dienone is 1. The van der Waals surface area contributed by atoms with Gasteiger partial charge in [0.1, 0.15) is 0 Å². The van der Waals surface area contributed by atoms with Gasteiger partial charge in [-0.1, -0.05) is 12.2 Å². The molecule has 0 aromatic carbocycles. The van der Waals surface area contributed by atoms with Gasteiger partial charge in [0, 0.05) is 6.54 Å². The molecule has 0 aromatic heterocycles. The van der Waals surface area contributed by atoms with Crippen LogP contribution in [0.3, 0.4) is 0 Å². The molecule has 1 N–H and O–H groups in total. The number of carbonyl (C=O) groups excluding carboxylic acids is 1. The number of hydrogen-bond donors (Lipinski definition) is 1. The second-order valence-electron chi connectivity index (χ2n) is 2.00. The van der Waals surface area contributed by atoms with Crippen LogP contribution in [0.4, 0.5) is 0 Å². The van der Waals surface area contributed by atoms with Crippen LogP contribution >= 0.6 is 0 Å². The molecule has 3 heteroatoms. The van der Waals surface area contributed by atoms with Crippen molar-refractivity contribution >= 4 is 5.97 Å². The molecule has 0 aromatic rings. The number of nitrogens with one attached hydrogen (secondary N) is 1. The van der Waals surface area contributed by atoms with Gasteiger partial charge in [0.15, 0.2) is 0 Å². The molecule has 11 heavy (non-hydrogen) atoms. The second-order valence-corrected chi connectivity index (χ2v) is 2.00. The van der Waals surface area contributed by atoms with Gasteiger partial charge in [-0.15, -0.1) is 0 Å². The maximum Gasteiger partial charge on any atom is 0.319 e. The summed E-state index contributed by atoms with van der Waals surface area (Å²) in [6.45, 7) is 5.19. The summed E-state index contributed by atoms with van der Waals surface area (Å²) in [7, 11) is 0. The van der Waals surface area contributed by atoms with Crippen LogP contribution < -0.4 is 5.32 Å². The van der Waals surface area contributed by atoms with E-state index in [0.717, 1.165) is 6.54 Å². The lowest BCUT2D eigenvalue weighted by atomic mass is 10.5. The lowest BCUT2D eigenvalue weighted by Gasteiger charge is -2.00. The molecule has 0 spiro atoms. The van der Waals surface area contributed by atoms with Gasteiger partial charge in [0.2, 0.25) is 0 Å². The zero-order valence-electron chi connectivity index (χ0n) is 7.09. The van der Waals surface area contributed by atoms with Crippen LogP contribution in [0.5, 0.6) is 0 Å². The highest BCUT2D eigenvalue weighted by Crippen LogP contribution is 1.75. The van der Waals surface area contributed by atoms with Crippen molar-refractivity contribution in [3.05, 3.63) is 12.2 Å². The average molecular weight is 157 g/mol. The zero-order valence-corrected chi connectivity index (χ0v) is 7.09. The third-order valence-corrected chi connectivity index (χ3v) is 1.07. The van der Waals surface area contributed by atoms with Crippen molar-refractivity contribution in [1.29, 1.82) is 0 Å². The molecule has 0 rings (SSSR count). The van der Waals surface area contributed by atoms with Crippen molar-refractivity contribution in [3.8, 4) is 0 Å². The number of esters is 1. The summed E-state index contributed by atoms with van der Waals surface area (Å²) in [5.41, 5.74) is 0. The lowest BCUT2D eigenvalue weighted by Crippen LogP contribution is -2.24. The van der Waals surface area contributed by atoms with Gasteiger partial charge in [-0.3, -0.25) is 4.79 Å². The van der Waals surface area contributed by atoms with Gasteiger partial charge in [-0.25, -0.2) is 0 Å². The summed E-state index contributed by atoms with van der Waals surface area (Å²) in [6, 6.07) is 0. The highest BCUT2D eigenvalue weighted by Gasteiger charge is 1.97. The van der Waals surface area contributed by atoms with Gasteiger partial charge in [0.05, 0.1) is 13.2 Å². The van der Waals surface area contributed by atoms with Crippen molar-refractivity contribution in [1.82, 2.24) is 5.32 Å². The predicted molar refractivity (Wildman–Crippen MR) is 44.3 cm³/mol. The smallest absolute Gasteiger partial charge is 0.319 e. The first-order valence-electron chi connectivity index (χ1n) is 3.78. The van der Waals surface area contributed by atoms with Crippen LogP contribution in [0.1, 0.15) is 13.8 Å². The second kappa shape index (κ2) is 7.28. The molecule has 0 fully saturated rings. The zero-order chi connectivity index (χ0) is 8.53. The normalized spacial score (nSPS) is 10.4. The van der Waals surface area contributed by atoms with E-state index in [1.165, 1.54) is 0 Å². The van der Waals surface area contributed by atoms with Crippen molar-refractivity contribution < 1.29 is 9.53 Å². The molecule has 3 nitrogen and oxygen atoms in total. The molecule has 0 amide bonds. The molecule has 0 unspecified atom stereocenters. The number of ether oxygens (including phenoxy) is 1. The van der Waals surface area contributed by atoms with Gasteiger partial charge in [0.25, 0.3) is 0 Å². The Morgan fingerprint density at radius 2 is 2.36 bits per heavy atom. The standard InChI is InChI=1S/C8H15NO2/c1-3-5-6-9-7-8(10)11-4-2/h3,5,9H,4,6-7H2,1-2H3. The minimum absolute atomic E-state index is 0.197. The first-order valence-corrected chi connectivity index (χ1v) is 3.78. The molecular formula is C8H15NO2. The van der Waals surface area contributed by atoms with Crippen LogP contribution in [-0.4, -0.2) is 25.7 Å². The van der Waals surface area contributed by atoms with E-state index in [2.05, 4.69) is 5.32 Å². The van der Waals surface area contributed by atoms with Crippen molar-refractivity contribution in [2.24, 2.45) is 0 Å². The van der Waals surface area contributed by atoms with Crippen molar-refractivity contribution in [2.45, 2.75) is 13.8 Å². The largest absolute Gasteiger partial charge is 0.465 e. The Morgan fingerprint density at radius 3 is 2.91 bits per heavy atom. The van der Waals surface area contributed by atoms with Gasteiger partial charge >= 0.3 is 5.97 Å². The highest BCUT2D eigenvalue weighted by molar-refractivity contribution is 5.71. The Morgan fingerprint density at radius 1 is 1.64 bits per heavy atom. The lowest BCUT2D eigenvalue weighted by molar-refractivity contribution is -0.141. The molecule has 0 aliphatic rings. The number of carbonyl (C=O) groups is 1. The summed E-state index contributed by atoms with van der Waals surface area (Å²) in [4.78, 5) is 10.7. The highest BCUT2D eigenvalue weighted by atomic mass is 16.5. The molecule has 0 aliphatic carbocycles. The van der Waals surface area contributed by atoms with Gasteiger partial charge in [-0.05, 0) is 13.8 Å². The molecule has 0 bridgehead atoms. The van der Waals surface area contributed by atoms with Crippen molar-refractivity contribution in [3.63, 3.8) is 0 Å². The molecular weight excluding hydrogens is 142 g/mol. The summed E-state index contributed by atoms with van der Waals surface area (Å²) >= 11 is 0.